The van der Waals surface area contributed by atoms with Crippen LogP contribution in [0.4, 0.5) is 10.1 Å². The molecule has 76 valence electrons. The van der Waals surface area contributed by atoms with E-state index in [1.165, 1.54) is 12.1 Å². The normalized spacial score (nSPS) is 15.2. The summed E-state index contributed by atoms with van der Waals surface area (Å²) in [4.78, 5) is 0. The molecule has 0 radical (unpaired) electrons. The fourth-order valence-corrected chi connectivity index (χ4v) is 1.71. The number of anilines is 1. The van der Waals surface area contributed by atoms with E-state index in [-0.39, 0.29) is 5.82 Å². The lowest BCUT2D eigenvalue weighted by molar-refractivity contribution is 0.627. The maximum atomic E-state index is 13.1. The van der Waals surface area contributed by atoms with Gasteiger partial charge < -0.3 is 5.32 Å². The molecule has 1 aliphatic rings. The van der Waals surface area contributed by atoms with Crippen molar-refractivity contribution in [3.63, 3.8) is 0 Å². The minimum Gasteiger partial charge on any atom is -0.382 e. The Balaban J connectivity index is 2.14. The summed E-state index contributed by atoms with van der Waals surface area (Å²) in [6.45, 7) is 0. The molecule has 0 fully saturated rings. The van der Waals surface area contributed by atoms with Gasteiger partial charge in [0.25, 0.3) is 0 Å². The van der Waals surface area contributed by atoms with Crippen LogP contribution in [0.5, 0.6) is 0 Å². The number of rotatable bonds is 2. The zero-order valence-electron chi connectivity index (χ0n) is 8.20. The molecule has 1 N–H and O–H groups in total. The average molecular weight is 202 g/mol. The highest BCUT2D eigenvalue weighted by Gasteiger charge is 2.10. The average Bonchev–Trinajstić information content (AvgIpc) is 2.69. The van der Waals surface area contributed by atoms with Crippen LogP contribution in [0.2, 0.25) is 0 Å². The van der Waals surface area contributed by atoms with Gasteiger partial charge in [0.2, 0.25) is 0 Å². The van der Waals surface area contributed by atoms with Gasteiger partial charge in [0.1, 0.15) is 5.82 Å². The Bertz CT molecular complexity index is 424. The van der Waals surface area contributed by atoms with Gasteiger partial charge in [-0.25, -0.2) is 4.39 Å². The Morgan fingerprint density at radius 1 is 1.27 bits per heavy atom. The Labute approximate surface area is 88.0 Å². The molecule has 1 aromatic carbocycles. The zero-order chi connectivity index (χ0) is 10.7. The molecule has 0 bridgehead atoms. The topological polar surface area (TPSA) is 35.8 Å². The second kappa shape index (κ2) is 4.14. The van der Waals surface area contributed by atoms with Crippen molar-refractivity contribution in [1.29, 1.82) is 5.26 Å². The van der Waals surface area contributed by atoms with Crippen molar-refractivity contribution in [2.75, 3.05) is 5.32 Å². The Hall–Kier alpha value is -1.82. The second-order valence-corrected chi connectivity index (χ2v) is 3.62. The molecule has 15 heavy (non-hydrogen) atoms. The minimum absolute atomic E-state index is 0.332. The summed E-state index contributed by atoms with van der Waals surface area (Å²) in [6.07, 6.45) is 6.11. The Morgan fingerprint density at radius 3 is 2.67 bits per heavy atom. The molecule has 0 saturated heterocycles. The van der Waals surface area contributed by atoms with Crippen molar-refractivity contribution in [3.8, 4) is 6.07 Å². The molecule has 1 aromatic rings. The van der Waals surface area contributed by atoms with Gasteiger partial charge in [-0.15, -0.1) is 0 Å². The lowest BCUT2D eigenvalue weighted by Crippen LogP contribution is -2.15. The van der Waals surface area contributed by atoms with Gasteiger partial charge >= 0.3 is 0 Å². The first kappa shape index (κ1) is 9.72. The Morgan fingerprint density at radius 2 is 2.00 bits per heavy atom. The number of nitrogens with one attached hydrogen (secondary N) is 1. The molecule has 0 heterocycles. The predicted molar refractivity (Wildman–Crippen MR) is 56.9 cm³/mol. The molecule has 1 aliphatic carbocycles. The summed E-state index contributed by atoms with van der Waals surface area (Å²) in [5.41, 5.74) is 1.03. The van der Waals surface area contributed by atoms with Crippen LogP contribution in [-0.2, 0) is 0 Å². The van der Waals surface area contributed by atoms with Gasteiger partial charge in [0, 0.05) is 11.7 Å². The van der Waals surface area contributed by atoms with E-state index in [0.29, 0.717) is 17.3 Å². The highest BCUT2D eigenvalue weighted by atomic mass is 19.1. The van der Waals surface area contributed by atoms with Crippen molar-refractivity contribution < 1.29 is 4.39 Å². The second-order valence-electron chi connectivity index (χ2n) is 3.62. The molecule has 0 aromatic heterocycles. The number of hydrogen-bond donors (Lipinski definition) is 1. The first-order valence-corrected chi connectivity index (χ1v) is 4.90. The van der Waals surface area contributed by atoms with E-state index in [2.05, 4.69) is 17.5 Å². The highest BCUT2D eigenvalue weighted by molar-refractivity contribution is 5.50. The first-order chi connectivity index (χ1) is 7.28. The van der Waals surface area contributed by atoms with Crippen molar-refractivity contribution in [1.82, 2.24) is 0 Å². The van der Waals surface area contributed by atoms with Crippen LogP contribution in [0.1, 0.15) is 18.4 Å². The monoisotopic (exact) mass is 202 g/mol. The number of halogens is 1. The fraction of sp³-hybridized carbons (Fsp3) is 0.250. The van der Waals surface area contributed by atoms with E-state index in [9.17, 15) is 4.39 Å². The number of nitriles is 1. The molecule has 0 aliphatic heterocycles. The van der Waals surface area contributed by atoms with Crippen molar-refractivity contribution in [3.05, 3.63) is 41.7 Å². The van der Waals surface area contributed by atoms with Crippen LogP contribution in [-0.4, -0.2) is 6.04 Å². The van der Waals surface area contributed by atoms with Gasteiger partial charge in [-0.2, -0.15) is 5.26 Å². The highest BCUT2D eigenvalue weighted by Crippen LogP contribution is 2.19. The third-order valence-corrected chi connectivity index (χ3v) is 2.41. The molecule has 0 amide bonds. The van der Waals surface area contributed by atoms with E-state index in [1.807, 2.05) is 6.07 Å². The molecule has 3 heteroatoms. The van der Waals surface area contributed by atoms with Crippen LogP contribution < -0.4 is 5.32 Å². The van der Waals surface area contributed by atoms with E-state index >= 15 is 0 Å². The lowest BCUT2D eigenvalue weighted by atomic mass is 10.1. The van der Waals surface area contributed by atoms with Crippen LogP contribution in [0.15, 0.2) is 30.4 Å². The van der Waals surface area contributed by atoms with Gasteiger partial charge in [0.15, 0.2) is 0 Å². The third-order valence-electron chi connectivity index (χ3n) is 2.41. The summed E-state index contributed by atoms with van der Waals surface area (Å²) < 4.78 is 13.1. The quantitative estimate of drug-likeness (QED) is 0.748. The standard InChI is InChI=1S/C12H11FN2/c13-10-5-9(8-14)6-12(7-10)15-11-3-1-2-4-11/h1-2,5-7,11,15H,3-4H2. The summed E-state index contributed by atoms with van der Waals surface area (Å²) in [6, 6.07) is 6.59. The van der Waals surface area contributed by atoms with Gasteiger partial charge in [-0.3, -0.25) is 0 Å². The molecule has 0 atom stereocenters. The summed E-state index contributed by atoms with van der Waals surface area (Å²) in [5.74, 6) is -0.373. The molecule has 0 unspecified atom stereocenters. The molecule has 2 rings (SSSR count). The molecule has 2 nitrogen and oxygen atoms in total. The minimum atomic E-state index is -0.373. The van der Waals surface area contributed by atoms with E-state index in [4.69, 9.17) is 5.26 Å². The number of nitrogens with zero attached hydrogens (tertiary/aromatic N) is 1. The van der Waals surface area contributed by atoms with Gasteiger partial charge in [0.05, 0.1) is 11.6 Å². The van der Waals surface area contributed by atoms with Gasteiger partial charge in [-0.1, -0.05) is 12.2 Å². The molecule has 0 saturated carbocycles. The zero-order valence-corrected chi connectivity index (χ0v) is 8.20. The van der Waals surface area contributed by atoms with Gasteiger partial charge in [-0.05, 0) is 31.0 Å². The van der Waals surface area contributed by atoms with E-state index < -0.39 is 0 Å². The van der Waals surface area contributed by atoms with Crippen LogP contribution in [0, 0.1) is 17.1 Å². The smallest absolute Gasteiger partial charge is 0.126 e. The molecular formula is C12H11FN2. The molecular weight excluding hydrogens is 191 g/mol. The summed E-state index contributed by atoms with van der Waals surface area (Å²) >= 11 is 0. The van der Waals surface area contributed by atoms with Crippen molar-refractivity contribution in [2.24, 2.45) is 0 Å². The third kappa shape index (κ3) is 2.35. The van der Waals surface area contributed by atoms with Crippen LogP contribution >= 0.6 is 0 Å². The first-order valence-electron chi connectivity index (χ1n) is 4.90. The van der Waals surface area contributed by atoms with E-state index in [1.54, 1.807) is 6.07 Å². The lowest BCUT2D eigenvalue weighted by Gasteiger charge is -2.13. The fourth-order valence-electron chi connectivity index (χ4n) is 1.71. The summed E-state index contributed by atoms with van der Waals surface area (Å²) in [5, 5.41) is 11.9. The number of benzene rings is 1. The van der Waals surface area contributed by atoms with Crippen molar-refractivity contribution in [2.45, 2.75) is 18.9 Å². The predicted octanol–water partition coefficient (Wildman–Crippen LogP) is 2.83. The SMILES string of the molecule is N#Cc1cc(F)cc(NC2CC=CC2)c1. The Kier molecular flexibility index (Phi) is 2.68. The molecule has 0 spiro atoms. The van der Waals surface area contributed by atoms with Crippen molar-refractivity contribution >= 4 is 5.69 Å². The number of hydrogen-bond acceptors (Lipinski definition) is 2. The largest absolute Gasteiger partial charge is 0.382 e. The van der Waals surface area contributed by atoms with Crippen LogP contribution in [0.3, 0.4) is 0 Å². The maximum Gasteiger partial charge on any atom is 0.126 e. The summed E-state index contributed by atoms with van der Waals surface area (Å²) in [7, 11) is 0. The van der Waals surface area contributed by atoms with Crippen LogP contribution in [0.25, 0.3) is 0 Å². The maximum absolute atomic E-state index is 13.1. The van der Waals surface area contributed by atoms with E-state index in [0.717, 1.165) is 12.8 Å².